The van der Waals surface area contributed by atoms with Crippen LogP contribution in [0.3, 0.4) is 0 Å². The molecule has 17 heavy (non-hydrogen) atoms. The van der Waals surface area contributed by atoms with Gasteiger partial charge in [-0.3, -0.25) is 4.98 Å². The largest absolute Gasteiger partial charge is 0.497 e. The third kappa shape index (κ3) is 1.75. The molecule has 0 spiro atoms. The van der Waals surface area contributed by atoms with E-state index in [2.05, 4.69) is 4.98 Å². The molecule has 0 unspecified atom stereocenters. The monoisotopic (exact) mass is 232 g/mol. The number of hydrogen-bond acceptors (Lipinski definition) is 4. The first-order valence-corrected chi connectivity index (χ1v) is 5.37. The van der Waals surface area contributed by atoms with Crippen molar-refractivity contribution in [3.05, 3.63) is 23.4 Å². The standard InChI is InChI=1S/C13H16N2O2/c1-7-8(2)15-10-5-9(16-3)6-11(17-4)12(10)13(7)14/h5-6H,1-4H3,(H2,14,15). The fourth-order valence-corrected chi connectivity index (χ4v) is 1.86. The van der Waals surface area contributed by atoms with Crippen molar-refractivity contribution in [2.75, 3.05) is 20.0 Å². The van der Waals surface area contributed by atoms with E-state index in [9.17, 15) is 0 Å². The molecular weight excluding hydrogens is 216 g/mol. The van der Waals surface area contributed by atoms with E-state index >= 15 is 0 Å². The van der Waals surface area contributed by atoms with Crippen LogP contribution in [0.5, 0.6) is 11.5 Å². The molecule has 0 aliphatic rings. The van der Waals surface area contributed by atoms with Gasteiger partial charge in [-0.2, -0.15) is 0 Å². The van der Waals surface area contributed by atoms with Crippen LogP contribution >= 0.6 is 0 Å². The van der Waals surface area contributed by atoms with E-state index in [1.54, 1.807) is 14.2 Å². The Morgan fingerprint density at radius 3 is 2.41 bits per heavy atom. The summed E-state index contributed by atoms with van der Waals surface area (Å²) in [7, 11) is 3.23. The second kappa shape index (κ2) is 4.13. The van der Waals surface area contributed by atoms with Gasteiger partial charge in [0.15, 0.2) is 0 Å². The minimum absolute atomic E-state index is 0.687. The van der Waals surface area contributed by atoms with Crippen molar-refractivity contribution in [3.8, 4) is 11.5 Å². The normalized spacial score (nSPS) is 10.6. The van der Waals surface area contributed by atoms with Crippen molar-refractivity contribution in [2.45, 2.75) is 13.8 Å². The molecule has 0 saturated heterocycles. The van der Waals surface area contributed by atoms with Crippen LogP contribution in [-0.2, 0) is 0 Å². The number of hydrogen-bond donors (Lipinski definition) is 1. The Kier molecular flexibility index (Phi) is 2.79. The Morgan fingerprint density at radius 2 is 1.82 bits per heavy atom. The molecule has 1 aromatic carbocycles. The minimum Gasteiger partial charge on any atom is -0.497 e. The van der Waals surface area contributed by atoms with Gasteiger partial charge in [0.2, 0.25) is 0 Å². The van der Waals surface area contributed by atoms with Crippen LogP contribution < -0.4 is 15.2 Å². The number of ether oxygens (including phenoxy) is 2. The molecule has 0 aliphatic carbocycles. The number of aromatic nitrogens is 1. The zero-order valence-corrected chi connectivity index (χ0v) is 10.5. The molecule has 0 bridgehead atoms. The van der Waals surface area contributed by atoms with Gasteiger partial charge in [-0.05, 0) is 19.4 Å². The molecule has 1 aromatic heterocycles. The number of methoxy groups -OCH3 is 2. The predicted molar refractivity (Wildman–Crippen MR) is 68.7 cm³/mol. The van der Waals surface area contributed by atoms with Gasteiger partial charge in [0.1, 0.15) is 11.5 Å². The highest BCUT2D eigenvalue weighted by molar-refractivity contribution is 5.98. The maximum Gasteiger partial charge on any atom is 0.134 e. The molecule has 0 radical (unpaired) electrons. The number of nitrogens with zero attached hydrogens (tertiary/aromatic N) is 1. The van der Waals surface area contributed by atoms with Gasteiger partial charge in [-0.15, -0.1) is 0 Å². The lowest BCUT2D eigenvalue weighted by molar-refractivity contribution is 0.398. The molecule has 0 fully saturated rings. The molecule has 4 nitrogen and oxygen atoms in total. The fourth-order valence-electron chi connectivity index (χ4n) is 1.86. The Bertz CT molecular complexity index is 579. The van der Waals surface area contributed by atoms with Crippen molar-refractivity contribution in [3.63, 3.8) is 0 Å². The van der Waals surface area contributed by atoms with Crippen LogP contribution in [-0.4, -0.2) is 19.2 Å². The first kappa shape index (κ1) is 11.5. The molecule has 0 aliphatic heterocycles. The molecule has 2 rings (SSSR count). The lowest BCUT2D eigenvalue weighted by Crippen LogP contribution is -2.00. The van der Waals surface area contributed by atoms with Crippen molar-refractivity contribution < 1.29 is 9.47 Å². The van der Waals surface area contributed by atoms with Crippen LogP contribution in [0.1, 0.15) is 11.3 Å². The molecular formula is C13H16N2O2. The number of pyridine rings is 1. The Morgan fingerprint density at radius 1 is 1.12 bits per heavy atom. The van der Waals surface area contributed by atoms with E-state index < -0.39 is 0 Å². The summed E-state index contributed by atoms with van der Waals surface area (Å²) in [5, 5.41) is 0.844. The number of benzene rings is 1. The van der Waals surface area contributed by atoms with Gasteiger partial charge in [-0.1, -0.05) is 0 Å². The third-order valence-electron chi connectivity index (χ3n) is 3.01. The molecule has 90 valence electrons. The number of fused-ring (bicyclic) bond motifs is 1. The summed E-state index contributed by atoms with van der Waals surface area (Å²) in [5.41, 5.74) is 9.54. The number of aryl methyl sites for hydroxylation is 1. The highest BCUT2D eigenvalue weighted by Gasteiger charge is 2.13. The van der Waals surface area contributed by atoms with Crippen molar-refractivity contribution in [2.24, 2.45) is 0 Å². The quantitative estimate of drug-likeness (QED) is 0.864. The smallest absolute Gasteiger partial charge is 0.134 e. The SMILES string of the molecule is COc1cc(OC)c2c(N)c(C)c(C)nc2c1. The third-order valence-corrected chi connectivity index (χ3v) is 3.01. The number of nitrogens with two attached hydrogens (primary N) is 1. The minimum atomic E-state index is 0.687. The predicted octanol–water partition coefficient (Wildman–Crippen LogP) is 2.45. The van der Waals surface area contributed by atoms with E-state index in [4.69, 9.17) is 15.2 Å². The summed E-state index contributed by atoms with van der Waals surface area (Å²) in [6, 6.07) is 3.68. The molecule has 0 atom stereocenters. The van der Waals surface area contributed by atoms with Gasteiger partial charge < -0.3 is 15.2 Å². The summed E-state index contributed by atoms with van der Waals surface area (Å²) < 4.78 is 10.6. The number of anilines is 1. The molecule has 0 saturated carbocycles. The lowest BCUT2D eigenvalue weighted by Gasteiger charge is -2.13. The molecule has 4 heteroatoms. The summed E-state index contributed by atoms with van der Waals surface area (Å²) in [6.45, 7) is 3.90. The van der Waals surface area contributed by atoms with Gasteiger partial charge in [0, 0.05) is 23.5 Å². The van der Waals surface area contributed by atoms with Crippen molar-refractivity contribution in [1.29, 1.82) is 0 Å². The topological polar surface area (TPSA) is 57.4 Å². The Hall–Kier alpha value is -1.97. The second-order valence-electron chi connectivity index (χ2n) is 3.96. The van der Waals surface area contributed by atoms with E-state index in [1.807, 2.05) is 26.0 Å². The summed E-state index contributed by atoms with van der Waals surface area (Å²) in [5.74, 6) is 1.40. The maximum atomic E-state index is 6.13. The van der Waals surface area contributed by atoms with Gasteiger partial charge >= 0.3 is 0 Å². The van der Waals surface area contributed by atoms with E-state index in [0.29, 0.717) is 17.2 Å². The van der Waals surface area contributed by atoms with Gasteiger partial charge in [0.05, 0.1) is 25.1 Å². The first-order chi connectivity index (χ1) is 8.08. The highest BCUT2D eigenvalue weighted by atomic mass is 16.5. The van der Waals surface area contributed by atoms with Crippen LogP contribution in [0.25, 0.3) is 10.9 Å². The van der Waals surface area contributed by atoms with Crippen LogP contribution in [0.4, 0.5) is 5.69 Å². The second-order valence-corrected chi connectivity index (χ2v) is 3.96. The molecule has 2 aromatic rings. The average molecular weight is 232 g/mol. The summed E-state index contributed by atoms with van der Waals surface area (Å²) in [6.07, 6.45) is 0. The Balaban J connectivity index is 2.89. The maximum absolute atomic E-state index is 6.13. The lowest BCUT2D eigenvalue weighted by atomic mass is 10.1. The van der Waals surface area contributed by atoms with E-state index in [1.165, 1.54) is 0 Å². The highest BCUT2D eigenvalue weighted by Crippen LogP contribution is 2.36. The number of nitrogen functional groups attached to an aromatic ring is 1. The van der Waals surface area contributed by atoms with E-state index in [-0.39, 0.29) is 0 Å². The number of rotatable bonds is 2. The summed E-state index contributed by atoms with van der Waals surface area (Å²) in [4.78, 5) is 4.51. The van der Waals surface area contributed by atoms with E-state index in [0.717, 1.165) is 22.2 Å². The summed E-state index contributed by atoms with van der Waals surface area (Å²) >= 11 is 0. The van der Waals surface area contributed by atoms with Gasteiger partial charge in [0.25, 0.3) is 0 Å². The zero-order valence-electron chi connectivity index (χ0n) is 10.5. The van der Waals surface area contributed by atoms with Gasteiger partial charge in [-0.25, -0.2) is 0 Å². The fraction of sp³-hybridized carbons (Fsp3) is 0.308. The first-order valence-electron chi connectivity index (χ1n) is 5.37. The van der Waals surface area contributed by atoms with Crippen LogP contribution in [0.2, 0.25) is 0 Å². The average Bonchev–Trinajstić information content (AvgIpc) is 2.34. The van der Waals surface area contributed by atoms with Crippen LogP contribution in [0.15, 0.2) is 12.1 Å². The zero-order chi connectivity index (χ0) is 12.6. The molecule has 0 amide bonds. The Labute approximate surface area is 100 Å². The molecule has 1 heterocycles. The van der Waals surface area contributed by atoms with Crippen molar-refractivity contribution in [1.82, 2.24) is 4.98 Å². The van der Waals surface area contributed by atoms with Crippen LogP contribution in [0, 0.1) is 13.8 Å². The van der Waals surface area contributed by atoms with Crippen molar-refractivity contribution >= 4 is 16.6 Å². The molecule has 2 N–H and O–H groups in total.